The molecular formula is C20H21ClFNO3. The Labute approximate surface area is 157 Å². The number of hydrogen-bond acceptors (Lipinski definition) is 3. The van der Waals surface area contributed by atoms with Crippen LogP contribution in [0.4, 0.5) is 9.18 Å². The van der Waals surface area contributed by atoms with Gasteiger partial charge in [0.05, 0.1) is 6.04 Å². The van der Waals surface area contributed by atoms with Gasteiger partial charge >= 0.3 is 6.09 Å². The van der Waals surface area contributed by atoms with Gasteiger partial charge in [-0.05, 0) is 68.7 Å². The number of benzene rings is 2. The van der Waals surface area contributed by atoms with Crippen LogP contribution in [0.15, 0.2) is 36.4 Å². The molecule has 1 aliphatic heterocycles. The van der Waals surface area contributed by atoms with Crippen molar-refractivity contribution in [1.82, 2.24) is 4.90 Å². The molecule has 1 N–H and O–H groups in total. The molecule has 2 aromatic rings. The average Bonchev–Trinajstić information content (AvgIpc) is 2.54. The summed E-state index contributed by atoms with van der Waals surface area (Å²) in [6, 6.07) is 8.55. The Kier molecular flexibility index (Phi) is 4.84. The van der Waals surface area contributed by atoms with Gasteiger partial charge in [0.15, 0.2) is 0 Å². The van der Waals surface area contributed by atoms with Gasteiger partial charge in [-0.3, -0.25) is 4.90 Å². The van der Waals surface area contributed by atoms with Crippen molar-refractivity contribution in [2.75, 3.05) is 6.54 Å². The van der Waals surface area contributed by atoms with E-state index >= 15 is 0 Å². The summed E-state index contributed by atoms with van der Waals surface area (Å²) in [5, 5.41) is 10.8. The minimum atomic E-state index is -0.652. The van der Waals surface area contributed by atoms with Crippen LogP contribution in [0.1, 0.15) is 43.5 Å². The van der Waals surface area contributed by atoms with E-state index in [0.717, 1.165) is 11.1 Å². The van der Waals surface area contributed by atoms with Gasteiger partial charge < -0.3 is 9.84 Å². The van der Waals surface area contributed by atoms with Crippen LogP contribution in [0, 0.1) is 5.82 Å². The summed E-state index contributed by atoms with van der Waals surface area (Å²) in [5.74, 6) is -0.311. The zero-order valence-electron chi connectivity index (χ0n) is 14.9. The van der Waals surface area contributed by atoms with Crippen molar-refractivity contribution in [2.24, 2.45) is 0 Å². The summed E-state index contributed by atoms with van der Waals surface area (Å²) < 4.78 is 19.2. The number of amides is 1. The Bertz CT molecular complexity index is 847. The molecule has 6 heteroatoms. The molecule has 138 valence electrons. The Morgan fingerprint density at radius 3 is 2.65 bits per heavy atom. The van der Waals surface area contributed by atoms with Crippen LogP contribution in [0.25, 0.3) is 0 Å². The monoisotopic (exact) mass is 377 g/mol. The number of carbonyl (C=O) groups excluding carboxylic acids is 1. The molecule has 3 rings (SSSR count). The first-order chi connectivity index (χ1) is 12.2. The number of hydrogen-bond donors (Lipinski definition) is 1. The normalized spacial score (nSPS) is 17.0. The van der Waals surface area contributed by atoms with E-state index in [1.165, 1.54) is 18.2 Å². The molecule has 0 aliphatic carbocycles. The highest BCUT2D eigenvalue weighted by molar-refractivity contribution is 6.30. The Morgan fingerprint density at radius 2 is 1.96 bits per heavy atom. The lowest BCUT2D eigenvalue weighted by molar-refractivity contribution is 0.0177. The predicted molar refractivity (Wildman–Crippen MR) is 98.0 cm³/mol. The SMILES string of the molecule is CC(C)(C)OC(=O)N1CCc2cc(F)ccc2C1c1cc(Cl)ccc1O. The van der Waals surface area contributed by atoms with Crippen LogP contribution in [0.2, 0.25) is 5.02 Å². The van der Waals surface area contributed by atoms with Gasteiger partial charge in [-0.25, -0.2) is 9.18 Å². The maximum Gasteiger partial charge on any atom is 0.411 e. The fourth-order valence-electron chi connectivity index (χ4n) is 3.19. The number of phenolic OH excluding ortho intramolecular Hbond substituents is 1. The number of rotatable bonds is 1. The zero-order valence-corrected chi connectivity index (χ0v) is 15.7. The number of aromatic hydroxyl groups is 1. The number of phenols is 1. The molecule has 1 aliphatic rings. The van der Waals surface area contributed by atoms with Crippen LogP contribution >= 0.6 is 11.6 Å². The molecule has 0 fully saturated rings. The highest BCUT2D eigenvalue weighted by Crippen LogP contribution is 2.40. The van der Waals surface area contributed by atoms with E-state index in [4.69, 9.17) is 16.3 Å². The van der Waals surface area contributed by atoms with Crippen molar-refractivity contribution in [1.29, 1.82) is 0 Å². The fourth-order valence-corrected chi connectivity index (χ4v) is 3.37. The highest BCUT2D eigenvalue weighted by Gasteiger charge is 2.36. The summed E-state index contributed by atoms with van der Waals surface area (Å²) in [7, 11) is 0. The summed E-state index contributed by atoms with van der Waals surface area (Å²) in [4.78, 5) is 14.3. The molecule has 0 saturated heterocycles. The topological polar surface area (TPSA) is 49.8 Å². The average molecular weight is 378 g/mol. The summed E-state index contributed by atoms with van der Waals surface area (Å²) >= 11 is 6.12. The first kappa shape index (κ1) is 18.5. The second-order valence-electron chi connectivity index (χ2n) is 7.37. The zero-order chi connectivity index (χ0) is 19.1. The smallest absolute Gasteiger partial charge is 0.411 e. The van der Waals surface area contributed by atoms with Gasteiger partial charge in [0.25, 0.3) is 0 Å². The van der Waals surface area contributed by atoms with Crippen LogP contribution in [0.5, 0.6) is 5.75 Å². The van der Waals surface area contributed by atoms with Crippen LogP contribution < -0.4 is 0 Å². The number of ether oxygens (including phenoxy) is 1. The molecule has 2 aromatic carbocycles. The van der Waals surface area contributed by atoms with Gasteiger partial charge in [-0.15, -0.1) is 0 Å². The summed E-state index contributed by atoms with van der Waals surface area (Å²) in [5.41, 5.74) is 1.38. The standard InChI is InChI=1S/C20H21ClFNO3/c1-20(2,3)26-19(25)23-9-8-12-10-14(22)5-6-15(12)18(23)16-11-13(21)4-7-17(16)24/h4-7,10-11,18,24H,8-9H2,1-3H3. The molecule has 1 heterocycles. The quantitative estimate of drug-likeness (QED) is 0.755. The minimum Gasteiger partial charge on any atom is -0.508 e. The Morgan fingerprint density at radius 1 is 1.23 bits per heavy atom. The van der Waals surface area contributed by atoms with Crippen molar-refractivity contribution in [3.8, 4) is 5.75 Å². The van der Waals surface area contributed by atoms with Crippen molar-refractivity contribution >= 4 is 17.7 Å². The summed E-state index contributed by atoms with van der Waals surface area (Å²) in [6.45, 7) is 5.74. The minimum absolute atomic E-state index is 0.0186. The molecule has 0 spiro atoms. The van der Waals surface area contributed by atoms with Crippen molar-refractivity contribution in [3.05, 3.63) is 63.9 Å². The predicted octanol–water partition coefficient (Wildman–Crippen LogP) is 5.07. The number of carbonyl (C=O) groups is 1. The molecule has 1 amide bonds. The van der Waals surface area contributed by atoms with E-state index in [2.05, 4.69) is 0 Å². The Hall–Kier alpha value is -2.27. The highest BCUT2D eigenvalue weighted by atomic mass is 35.5. The first-order valence-electron chi connectivity index (χ1n) is 8.42. The molecular weight excluding hydrogens is 357 g/mol. The lowest BCUT2D eigenvalue weighted by atomic mass is 9.88. The van der Waals surface area contributed by atoms with Crippen molar-refractivity contribution < 1.29 is 19.0 Å². The lowest BCUT2D eigenvalue weighted by Crippen LogP contribution is -2.43. The van der Waals surface area contributed by atoms with E-state index in [0.29, 0.717) is 23.6 Å². The maximum absolute atomic E-state index is 13.7. The number of halogens is 2. The fraction of sp³-hybridized carbons (Fsp3) is 0.350. The van der Waals surface area contributed by atoms with Gasteiger partial charge in [0.2, 0.25) is 0 Å². The van der Waals surface area contributed by atoms with Gasteiger partial charge in [0, 0.05) is 17.1 Å². The number of fused-ring (bicyclic) bond motifs is 1. The van der Waals surface area contributed by atoms with Gasteiger partial charge in [0.1, 0.15) is 17.2 Å². The van der Waals surface area contributed by atoms with E-state index in [1.54, 1.807) is 43.9 Å². The van der Waals surface area contributed by atoms with Crippen molar-refractivity contribution in [3.63, 3.8) is 0 Å². The van der Waals surface area contributed by atoms with E-state index in [-0.39, 0.29) is 11.6 Å². The Balaban J connectivity index is 2.11. The molecule has 26 heavy (non-hydrogen) atoms. The second-order valence-corrected chi connectivity index (χ2v) is 7.81. The van der Waals surface area contributed by atoms with Crippen LogP contribution in [0.3, 0.4) is 0 Å². The second kappa shape index (κ2) is 6.80. The third-order valence-corrected chi connectivity index (χ3v) is 4.48. The molecule has 1 atom stereocenters. The maximum atomic E-state index is 13.7. The molecule has 0 bridgehead atoms. The third-order valence-electron chi connectivity index (χ3n) is 4.25. The van der Waals surface area contributed by atoms with Crippen LogP contribution in [-0.2, 0) is 11.2 Å². The molecule has 4 nitrogen and oxygen atoms in total. The van der Waals surface area contributed by atoms with Gasteiger partial charge in [-0.2, -0.15) is 0 Å². The van der Waals surface area contributed by atoms with E-state index < -0.39 is 17.7 Å². The third kappa shape index (κ3) is 3.78. The molecule has 1 unspecified atom stereocenters. The molecule has 0 radical (unpaired) electrons. The molecule has 0 saturated carbocycles. The summed E-state index contributed by atoms with van der Waals surface area (Å²) in [6.07, 6.45) is 0.0151. The largest absolute Gasteiger partial charge is 0.508 e. The molecule has 0 aromatic heterocycles. The van der Waals surface area contributed by atoms with Crippen molar-refractivity contribution in [2.45, 2.75) is 38.8 Å². The van der Waals surface area contributed by atoms with E-state index in [1.807, 2.05) is 0 Å². The number of nitrogens with zero attached hydrogens (tertiary/aromatic N) is 1. The first-order valence-corrected chi connectivity index (χ1v) is 8.80. The lowest BCUT2D eigenvalue weighted by Gasteiger charge is -2.38. The van der Waals surface area contributed by atoms with Gasteiger partial charge in [-0.1, -0.05) is 17.7 Å². The van der Waals surface area contributed by atoms with E-state index in [9.17, 15) is 14.3 Å². The van der Waals surface area contributed by atoms with Crippen LogP contribution in [-0.4, -0.2) is 28.2 Å².